The van der Waals surface area contributed by atoms with Gasteiger partial charge in [-0.1, -0.05) is 30.3 Å². The average molecular weight is 248 g/mol. The third kappa shape index (κ3) is 3.31. The van der Waals surface area contributed by atoms with Gasteiger partial charge in [-0.15, -0.1) is 0 Å². The van der Waals surface area contributed by atoms with Crippen molar-refractivity contribution < 1.29 is 9.53 Å². The van der Waals surface area contributed by atoms with Crippen LogP contribution in [0.1, 0.15) is 24.4 Å². The summed E-state index contributed by atoms with van der Waals surface area (Å²) in [5.41, 5.74) is 6.70. The number of hydrogen-bond acceptors (Lipinski definition) is 4. The van der Waals surface area contributed by atoms with Gasteiger partial charge in [0.1, 0.15) is 12.1 Å². The molecule has 1 aliphatic heterocycles. The van der Waals surface area contributed by atoms with E-state index in [1.165, 1.54) is 0 Å². The molecule has 2 unspecified atom stereocenters. The first kappa shape index (κ1) is 13.1. The van der Waals surface area contributed by atoms with E-state index in [0.29, 0.717) is 0 Å². The van der Waals surface area contributed by atoms with Crippen LogP contribution >= 0.6 is 0 Å². The summed E-state index contributed by atoms with van der Waals surface area (Å²) in [6.45, 7) is 1.87. The molecule has 1 aliphatic rings. The smallest absolute Gasteiger partial charge is 0.327 e. The van der Waals surface area contributed by atoms with Crippen LogP contribution in [0.25, 0.3) is 0 Å². The summed E-state index contributed by atoms with van der Waals surface area (Å²) < 4.78 is 5.47. The molecule has 0 bridgehead atoms. The molecule has 1 saturated heterocycles. The van der Waals surface area contributed by atoms with Gasteiger partial charge in [0.15, 0.2) is 0 Å². The highest BCUT2D eigenvalue weighted by atomic mass is 16.5. The van der Waals surface area contributed by atoms with Crippen LogP contribution < -0.4 is 5.73 Å². The van der Waals surface area contributed by atoms with Gasteiger partial charge < -0.3 is 15.4 Å². The third-order valence-electron chi connectivity index (χ3n) is 3.28. The number of piperidine rings is 1. The maximum absolute atomic E-state index is 12.0. The van der Waals surface area contributed by atoms with Gasteiger partial charge in [0, 0.05) is 6.54 Å². The van der Waals surface area contributed by atoms with Gasteiger partial charge in [-0.2, -0.15) is 0 Å². The van der Waals surface area contributed by atoms with Crippen molar-refractivity contribution in [3.05, 3.63) is 35.9 Å². The highest BCUT2D eigenvalue weighted by Crippen LogP contribution is 2.16. The van der Waals surface area contributed by atoms with Crippen molar-refractivity contribution >= 4 is 5.97 Å². The maximum Gasteiger partial charge on any atom is 0.327 e. The summed E-state index contributed by atoms with van der Waals surface area (Å²) in [7, 11) is 2.04. The molecule has 0 amide bonds. The minimum atomic E-state index is -0.682. The highest BCUT2D eigenvalue weighted by Gasteiger charge is 2.24. The third-order valence-corrected chi connectivity index (χ3v) is 3.28. The number of esters is 1. The van der Waals surface area contributed by atoms with E-state index in [1.54, 1.807) is 0 Å². The molecule has 0 aliphatic carbocycles. The van der Waals surface area contributed by atoms with Crippen molar-refractivity contribution in [2.24, 2.45) is 5.73 Å². The zero-order valence-electron chi connectivity index (χ0n) is 10.7. The normalized spacial score (nSPS) is 22.4. The van der Waals surface area contributed by atoms with E-state index in [1.807, 2.05) is 37.4 Å². The molecule has 18 heavy (non-hydrogen) atoms. The van der Waals surface area contributed by atoms with Crippen molar-refractivity contribution in [1.29, 1.82) is 0 Å². The van der Waals surface area contributed by atoms with Crippen molar-refractivity contribution in [3.63, 3.8) is 0 Å². The predicted molar refractivity (Wildman–Crippen MR) is 70.0 cm³/mol. The Morgan fingerprint density at radius 2 is 2.17 bits per heavy atom. The number of carbonyl (C=O) groups is 1. The van der Waals surface area contributed by atoms with Crippen LogP contribution in [0.3, 0.4) is 0 Å². The van der Waals surface area contributed by atoms with Gasteiger partial charge in [-0.05, 0) is 32.0 Å². The van der Waals surface area contributed by atoms with Crippen LogP contribution in [0.2, 0.25) is 0 Å². The van der Waals surface area contributed by atoms with E-state index in [2.05, 4.69) is 4.90 Å². The molecule has 2 atom stereocenters. The zero-order valence-corrected chi connectivity index (χ0v) is 10.7. The fourth-order valence-electron chi connectivity index (χ4n) is 2.25. The number of rotatable bonds is 3. The standard InChI is InChI=1S/C14H20N2O2/c1-16-9-5-8-12(10-16)18-14(17)13(15)11-6-3-2-4-7-11/h2-4,6-7,12-13H,5,8-10,15H2,1H3. The Bertz CT molecular complexity index is 394. The quantitative estimate of drug-likeness (QED) is 0.820. The number of nitrogens with zero attached hydrogens (tertiary/aromatic N) is 1. The van der Waals surface area contributed by atoms with E-state index in [-0.39, 0.29) is 12.1 Å². The number of benzene rings is 1. The minimum absolute atomic E-state index is 0.0222. The summed E-state index contributed by atoms with van der Waals surface area (Å²) in [6.07, 6.45) is 1.97. The zero-order chi connectivity index (χ0) is 13.0. The summed E-state index contributed by atoms with van der Waals surface area (Å²) in [6, 6.07) is 8.65. The number of carbonyl (C=O) groups excluding carboxylic acids is 1. The Hall–Kier alpha value is -1.39. The monoisotopic (exact) mass is 248 g/mol. The Balaban J connectivity index is 1.91. The Kier molecular flexibility index (Phi) is 4.33. The maximum atomic E-state index is 12.0. The average Bonchev–Trinajstić information content (AvgIpc) is 2.39. The van der Waals surface area contributed by atoms with Gasteiger partial charge in [0.25, 0.3) is 0 Å². The molecule has 98 valence electrons. The number of likely N-dealkylation sites (tertiary alicyclic amines) is 1. The first-order chi connectivity index (χ1) is 8.66. The van der Waals surface area contributed by atoms with Crippen LogP contribution in [0.15, 0.2) is 30.3 Å². The van der Waals surface area contributed by atoms with E-state index < -0.39 is 6.04 Å². The van der Waals surface area contributed by atoms with E-state index >= 15 is 0 Å². The fraction of sp³-hybridized carbons (Fsp3) is 0.500. The van der Waals surface area contributed by atoms with Gasteiger partial charge in [0.05, 0.1) is 0 Å². The second-order valence-corrected chi connectivity index (χ2v) is 4.85. The molecular weight excluding hydrogens is 228 g/mol. The first-order valence-electron chi connectivity index (χ1n) is 6.36. The molecule has 0 spiro atoms. The molecule has 1 fully saturated rings. The largest absolute Gasteiger partial charge is 0.460 e. The lowest BCUT2D eigenvalue weighted by Crippen LogP contribution is -2.39. The number of nitrogens with two attached hydrogens (primary N) is 1. The van der Waals surface area contributed by atoms with Crippen LogP contribution in [-0.2, 0) is 9.53 Å². The molecule has 4 nitrogen and oxygen atoms in total. The second-order valence-electron chi connectivity index (χ2n) is 4.85. The minimum Gasteiger partial charge on any atom is -0.460 e. The van der Waals surface area contributed by atoms with E-state index in [4.69, 9.17) is 10.5 Å². The molecule has 4 heteroatoms. The van der Waals surface area contributed by atoms with Crippen molar-refractivity contribution in [2.75, 3.05) is 20.1 Å². The number of hydrogen-bond donors (Lipinski definition) is 1. The Morgan fingerprint density at radius 1 is 1.44 bits per heavy atom. The summed E-state index contributed by atoms with van der Waals surface area (Å²) >= 11 is 0. The van der Waals surface area contributed by atoms with Crippen LogP contribution in [0.4, 0.5) is 0 Å². The second kappa shape index (κ2) is 5.98. The van der Waals surface area contributed by atoms with Gasteiger partial charge in [-0.25, -0.2) is 4.79 Å². The Labute approximate surface area is 108 Å². The Morgan fingerprint density at radius 3 is 2.83 bits per heavy atom. The van der Waals surface area contributed by atoms with E-state index in [9.17, 15) is 4.79 Å². The molecular formula is C14H20N2O2. The molecule has 0 saturated carbocycles. The summed E-state index contributed by atoms with van der Waals surface area (Å²) in [4.78, 5) is 14.1. The first-order valence-corrected chi connectivity index (χ1v) is 6.36. The van der Waals surface area contributed by atoms with E-state index in [0.717, 1.165) is 31.5 Å². The van der Waals surface area contributed by atoms with Gasteiger partial charge >= 0.3 is 5.97 Å². The lowest BCUT2D eigenvalue weighted by molar-refractivity contribution is -0.153. The molecule has 2 rings (SSSR count). The summed E-state index contributed by atoms with van der Waals surface area (Å²) in [5, 5.41) is 0. The van der Waals surface area contributed by atoms with Crippen LogP contribution in [-0.4, -0.2) is 37.1 Å². The predicted octanol–water partition coefficient (Wildman–Crippen LogP) is 1.32. The van der Waals surface area contributed by atoms with Crippen LogP contribution in [0.5, 0.6) is 0 Å². The molecule has 1 aromatic carbocycles. The van der Waals surface area contributed by atoms with Crippen LogP contribution in [0, 0.1) is 0 Å². The summed E-state index contributed by atoms with van der Waals surface area (Å²) in [5.74, 6) is -0.332. The SMILES string of the molecule is CN1CCCC(OC(=O)C(N)c2ccccc2)C1. The van der Waals surface area contributed by atoms with Gasteiger partial charge in [0.2, 0.25) is 0 Å². The fourth-order valence-corrected chi connectivity index (χ4v) is 2.25. The van der Waals surface area contributed by atoms with Crippen molar-refractivity contribution in [3.8, 4) is 0 Å². The van der Waals surface area contributed by atoms with Crippen molar-refractivity contribution in [2.45, 2.75) is 25.0 Å². The molecule has 1 heterocycles. The lowest BCUT2D eigenvalue weighted by atomic mass is 10.1. The molecule has 2 N–H and O–H groups in total. The van der Waals surface area contributed by atoms with Gasteiger partial charge in [-0.3, -0.25) is 0 Å². The van der Waals surface area contributed by atoms with Crippen molar-refractivity contribution in [1.82, 2.24) is 4.90 Å². The number of ether oxygens (including phenoxy) is 1. The highest BCUT2D eigenvalue weighted by molar-refractivity contribution is 5.77. The molecule has 0 radical (unpaired) electrons. The molecule has 1 aromatic rings. The lowest BCUT2D eigenvalue weighted by Gasteiger charge is -2.30. The number of likely N-dealkylation sites (N-methyl/N-ethyl adjacent to an activating group) is 1. The molecule has 0 aromatic heterocycles. The topological polar surface area (TPSA) is 55.6 Å².